The van der Waals surface area contributed by atoms with Crippen molar-refractivity contribution < 1.29 is 0 Å². The fourth-order valence-corrected chi connectivity index (χ4v) is 2.80. The molecular weight excluding hydrogens is 266 g/mol. The predicted molar refractivity (Wildman–Crippen MR) is 93.8 cm³/mol. The van der Waals surface area contributed by atoms with Gasteiger partial charge in [-0.2, -0.15) is 0 Å². The summed E-state index contributed by atoms with van der Waals surface area (Å²) in [6.07, 6.45) is 1.93. The molecule has 0 radical (unpaired) electrons. The van der Waals surface area contributed by atoms with Crippen LogP contribution in [0.15, 0.2) is 72.9 Å². The summed E-state index contributed by atoms with van der Waals surface area (Å²) in [4.78, 5) is 4.70. The zero-order valence-electron chi connectivity index (χ0n) is 13.4. The molecule has 0 saturated carbocycles. The van der Waals surface area contributed by atoms with Crippen molar-refractivity contribution in [1.82, 2.24) is 4.98 Å². The van der Waals surface area contributed by atoms with E-state index >= 15 is 0 Å². The average Bonchev–Trinajstić information content (AvgIpc) is 2.55. The van der Waals surface area contributed by atoms with Gasteiger partial charge < -0.3 is 0 Å². The highest BCUT2D eigenvalue weighted by Gasteiger charge is 2.22. The molecule has 110 valence electrons. The first-order chi connectivity index (χ1) is 10.6. The van der Waals surface area contributed by atoms with Gasteiger partial charge >= 0.3 is 0 Å². The minimum Gasteiger partial charge on any atom is -0.256 e. The van der Waals surface area contributed by atoms with Gasteiger partial charge in [-0.1, -0.05) is 81.4 Å². The van der Waals surface area contributed by atoms with E-state index < -0.39 is 0 Å². The maximum Gasteiger partial charge on any atom is 0.0783 e. The lowest BCUT2D eigenvalue weighted by atomic mass is 9.81. The van der Waals surface area contributed by atoms with E-state index in [9.17, 15) is 0 Å². The summed E-state index contributed by atoms with van der Waals surface area (Å²) in [7, 11) is 0. The fourth-order valence-electron chi connectivity index (χ4n) is 2.80. The second-order valence-corrected chi connectivity index (χ2v) is 6.56. The van der Waals surface area contributed by atoms with E-state index in [1.807, 2.05) is 12.3 Å². The molecule has 3 rings (SSSR count). The van der Waals surface area contributed by atoms with Gasteiger partial charge in [0, 0.05) is 17.3 Å². The molecule has 0 aliphatic heterocycles. The lowest BCUT2D eigenvalue weighted by molar-refractivity contribution is 0.591. The maximum absolute atomic E-state index is 4.70. The summed E-state index contributed by atoms with van der Waals surface area (Å²) in [5.74, 6) is 0. The molecule has 0 N–H and O–H groups in total. The Kier molecular flexibility index (Phi) is 3.81. The number of rotatable bonds is 2. The summed E-state index contributed by atoms with van der Waals surface area (Å²) in [5.41, 5.74) is 6.07. The summed E-state index contributed by atoms with van der Waals surface area (Å²) < 4.78 is 0. The molecule has 2 aromatic carbocycles. The molecule has 3 aromatic rings. The Balaban J connectivity index is 2.32. The third-order valence-corrected chi connectivity index (χ3v) is 3.87. The van der Waals surface area contributed by atoms with Crippen molar-refractivity contribution in [3.8, 4) is 22.4 Å². The van der Waals surface area contributed by atoms with Crippen LogP contribution in [0.3, 0.4) is 0 Å². The van der Waals surface area contributed by atoms with Gasteiger partial charge in [0.05, 0.1) is 5.69 Å². The van der Waals surface area contributed by atoms with Gasteiger partial charge in [0.15, 0.2) is 0 Å². The van der Waals surface area contributed by atoms with Gasteiger partial charge in [0.25, 0.3) is 0 Å². The molecular formula is C21H21N. The molecule has 1 heteroatoms. The molecule has 0 bridgehead atoms. The third kappa shape index (κ3) is 2.80. The van der Waals surface area contributed by atoms with Crippen molar-refractivity contribution >= 4 is 0 Å². The fraction of sp³-hybridized carbons (Fsp3) is 0.190. The molecule has 0 aliphatic rings. The van der Waals surface area contributed by atoms with Crippen LogP contribution in [0.2, 0.25) is 0 Å². The third-order valence-electron chi connectivity index (χ3n) is 3.87. The molecule has 1 heterocycles. The minimum atomic E-state index is 0.0671. The summed E-state index contributed by atoms with van der Waals surface area (Å²) in [5, 5.41) is 0. The number of hydrogen-bond donors (Lipinski definition) is 0. The van der Waals surface area contributed by atoms with Gasteiger partial charge in [-0.25, -0.2) is 0 Å². The topological polar surface area (TPSA) is 12.9 Å². The van der Waals surface area contributed by atoms with Crippen LogP contribution < -0.4 is 0 Å². The van der Waals surface area contributed by atoms with E-state index in [1.165, 1.54) is 16.7 Å². The molecule has 0 atom stereocenters. The SMILES string of the molecule is CC(C)(C)c1ccnc(-c2ccccc2)c1-c1ccccc1. The first-order valence-electron chi connectivity index (χ1n) is 7.68. The van der Waals surface area contributed by atoms with Crippen LogP contribution in [0.1, 0.15) is 26.3 Å². The lowest BCUT2D eigenvalue weighted by Gasteiger charge is -2.25. The Bertz CT molecular complexity index is 753. The molecule has 0 spiro atoms. The quantitative estimate of drug-likeness (QED) is 0.588. The van der Waals surface area contributed by atoms with Gasteiger partial charge in [-0.15, -0.1) is 0 Å². The molecule has 1 nitrogen and oxygen atoms in total. The standard InChI is InChI=1S/C21H21N/c1-21(2,3)18-14-15-22-20(17-12-8-5-9-13-17)19(18)16-10-6-4-7-11-16/h4-15H,1-3H3. The second-order valence-electron chi connectivity index (χ2n) is 6.56. The van der Waals surface area contributed by atoms with E-state index in [1.54, 1.807) is 0 Å². The molecule has 0 unspecified atom stereocenters. The van der Waals surface area contributed by atoms with E-state index in [4.69, 9.17) is 4.98 Å². The minimum absolute atomic E-state index is 0.0671. The van der Waals surface area contributed by atoms with Crippen LogP contribution in [-0.2, 0) is 5.41 Å². The number of nitrogens with zero attached hydrogens (tertiary/aromatic N) is 1. The highest BCUT2D eigenvalue weighted by atomic mass is 14.7. The zero-order valence-corrected chi connectivity index (χ0v) is 13.4. The van der Waals surface area contributed by atoms with Gasteiger partial charge in [-0.05, 0) is 22.6 Å². The largest absolute Gasteiger partial charge is 0.256 e. The van der Waals surface area contributed by atoms with Crippen LogP contribution in [0, 0.1) is 0 Å². The van der Waals surface area contributed by atoms with Crippen molar-refractivity contribution in [2.75, 3.05) is 0 Å². The zero-order chi connectivity index (χ0) is 15.6. The normalized spacial score (nSPS) is 11.4. The number of pyridine rings is 1. The smallest absolute Gasteiger partial charge is 0.0783 e. The van der Waals surface area contributed by atoms with E-state index in [-0.39, 0.29) is 5.41 Å². The summed E-state index contributed by atoms with van der Waals surface area (Å²) in [6, 6.07) is 23.1. The Morgan fingerprint density at radius 2 is 1.23 bits per heavy atom. The first kappa shape index (κ1) is 14.5. The van der Waals surface area contributed by atoms with Crippen LogP contribution >= 0.6 is 0 Å². The number of benzene rings is 2. The molecule has 0 aliphatic carbocycles. The predicted octanol–water partition coefficient (Wildman–Crippen LogP) is 5.71. The van der Waals surface area contributed by atoms with Gasteiger partial charge in [0.2, 0.25) is 0 Å². The lowest BCUT2D eigenvalue weighted by Crippen LogP contribution is -2.14. The van der Waals surface area contributed by atoms with E-state index in [0.29, 0.717) is 0 Å². The van der Waals surface area contributed by atoms with Crippen LogP contribution in [0.5, 0.6) is 0 Å². The summed E-state index contributed by atoms with van der Waals surface area (Å²) in [6.45, 7) is 6.76. The number of aromatic nitrogens is 1. The van der Waals surface area contributed by atoms with E-state index in [0.717, 1.165) is 11.3 Å². The van der Waals surface area contributed by atoms with Crippen LogP contribution in [0.4, 0.5) is 0 Å². The van der Waals surface area contributed by atoms with Crippen LogP contribution in [0.25, 0.3) is 22.4 Å². The van der Waals surface area contributed by atoms with Crippen molar-refractivity contribution in [3.05, 3.63) is 78.5 Å². The Hall–Kier alpha value is -2.41. The Labute approximate surface area is 132 Å². The van der Waals surface area contributed by atoms with Gasteiger partial charge in [0.1, 0.15) is 0 Å². The van der Waals surface area contributed by atoms with Crippen molar-refractivity contribution in [3.63, 3.8) is 0 Å². The second kappa shape index (κ2) is 5.76. The van der Waals surface area contributed by atoms with Gasteiger partial charge in [-0.3, -0.25) is 4.98 Å². The van der Waals surface area contributed by atoms with Crippen molar-refractivity contribution in [2.24, 2.45) is 0 Å². The first-order valence-corrected chi connectivity index (χ1v) is 7.68. The van der Waals surface area contributed by atoms with Crippen LogP contribution in [-0.4, -0.2) is 4.98 Å². The Morgan fingerprint density at radius 3 is 1.77 bits per heavy atom. The Morgan fingerprint density at radius 1 is 0.682 bits per heavy atom. The van der Waals surface area contributed by atoms with E-state index in [2.05, 4.69) is 81.4 Å². The summed E-state index contributed by atoms with van der Waals surface area (Å²) >= 11 is 0. The monoisotopic (exact) mass is 287 g/mol. The molecule has 22 heavy (non-hydrogen) atoms. The van der Waals surface area contributed by atoms with Crippen molar-refractivity contribution in [1.29, 1.82) is 0 Å². The average molecular weight is 287 g/mol. The molecule has 1 aromatic heterocycles. The molecule has 0 saturated heterocycles. The molecule has 0 fully saturated rings. The van der Waals surface area contributed by atoms with Crippen molar-refractivity contribution in [2.45, 2.75) is 26.2 Å². The molecule has 0 amide bonds. The highest BCUT2D eigenvalue weighted by molar-refractivity contribution is 5.83. The highest BCUT2D eigenvalue weighted by Crippen LogP contribution is 2.38. The maximum atomic E-state index is 4.70. The number of hydrogen-bond acceptors (Lipinski definition) is 1.